The molecule has 0 atom stereocenters. The third kappa shape index (κ3) is 3.94. The normalized spacial score (nSPS) is 19.1. The van der Waals surface area contributed by atoms with Crippen LogP contribution in [0.1, 0.15) is 28.2 Å². The van der Waals surface area contributed by atoms with E-state index in [1.807, 2.05) is 0 Å². The van der Waals surface area contributed by atoms with Crippen LogP contribution in [0.2, 0.25) is 0 Å². The van der Waals surface area contributed by atoms with Crippen molar-refractivity contribution in [2.45, 2.75) is 40.0 Å². The second-order valence-electron chi connectivity index (χ2n) is 7.36. The molecule has 2 aromatic rings. The smallest absolute Gasteiger partial charge is 0.123 e. The molecular formula is C20H28N4O. The standard InChI is InChI=1S/C20H28N4O/c1-16-3-4-18(11-17(16)2)12-23-5-6-24-14-19(21-20(24)15-23)13-22-7-9-25-10-8-22/h3-4,11,14H,5-10,12-13,15H2,1-2H3. The SMILES string of the molecule is Cc1ccc(CN2CCn3cc(CN4CCOCC4)nc3C2)cc1C. The van der Waals surface area contributed by atoms with E-state index in [1.165, 1.54) is 28.2 Å². The molecule has 1 saturated heterocycles. The van der Waals surface area contributed by atoms with Crippen LogP contribution in [0.5, 0.6) is 0 Å². The average Bonchev–Trinajstić information content (AvgIpc) is 3.00. The van der Waals surface area contributed by atoms with Crippen molar-refractivity contribution in [3.05, 3.63) is 52.6 Å². The van der Waals surface area contributed by atoms with Crippen molar-refractivity contribution in [2.24, 2.45) is 0 Å². The third-order valence-electron chi connectivity index (χ3n) is 5.40. The lowest BCUT2D eigenvalue weighted by atomic mass is 10.1. The number of hydrogen-bond acceptors (Lipinski definition) is 4. The molecule has 0 unspecified atom stereocenters. The summed E-state index contributed by atoms with van der Waals surface area (Å²) >= 11 is 0. The molecule has 5 nitrogen and oxygen atoms in total. The minimum atomic E-state index is 0.845. The van der Waals surface area contributed by atoms with Crippen LogP contribution in [0.15, 0.2) is 24.4 Å². The second kappa shape index (κ2) is 7.28. The van der Waals surface area contributed by atoms with Gasteiger partial charge in [-0.25, -0.2) is 4.98 Å². The molecule has 1 aromatic carbocycles. The third-order valence-corrected chi connectivity index (χ3v) is 5.40. The molecule has 2 aliphatic heterocycles. The Kier molecular flexibility index (Phi) is 4.88. The Balaban J connectivity index is 1.39. The number of imidazole rings is 1. The minimum Gasteiger partial charge on any atom is -0.379 e. The fraction of sp³-hybridized carbons (Fsp3) is 0.550. The van der Waals surface area contributed by atoms with E-state index < -0.39 is 0 Å². The maximum atomic E-state index is 5.43. The lowest BCUT2D eigenvalue weighted by molar-refractivity contribution is 0.0337. The predicted molar refractivity (Wildman–Crippen MR) is 98.4 cm³/mol. The first-order valence-electron chi connectivity index (χ1n) is 9.31. The maximum Gasteiger partial charge on any atom is 0.123 e. The van der Waals surface area contributed by atoms with Gasteiger partial charge in [0.15, 0.2) is 0 Å². The van der Waals surface area contributed by atoms with Crippen molar-refractivity contribution < 1.29 is 4.74 Å². The second-order valence-corrected chi connectivity index (χ2v) is 7.36. The number of aromatic nitrogens is 2. The van der Waals surface area contributed by atoms with Crippen LogP contribution in [-0.4, -0.2) is 52.2 Å². The molecule has 0 N–H and O–H groups in total. The maximum absolute atomic E-state index is 5.43. The number of morpholine rings is 1. The molecule has 3 heterocycles. The van der Waals surface area contributed by atoms with Crippen LogP contribution in [0.4, 0.5) is 0 Å². The highest BCUT2D eigenvalue weighted by atomic mass is 16.5. The zero-order valence-corrected chi connectivity index (χ0v) is 15.4. The number of ether oxygens (including phenoxy) is 1. The summed E-state index contributed by atoms with van der Waals surface area (Å²) in [6, 6.07) is 6.81. The van der Waals surface area contributed by atoms with Crippen molar-refractivity contribution in [1.29, 1.82) is 0 Å². The molecule has 134 valence electrons. The summed E-state index contributed by atoms with van der Waals surface area (Å²) in [6.07, 6.45) is 2.25. The zero-order valence-electron chi connectivity index (χ0n) is 15.4. The van der Waals surface area contributed by atoms with Crippen molar-refractivity contribution in [3.63, 3.8) is 0 Å². The molecule has 0 spiro atoms. The van der Waals surface area contributed by atoms with Gasteiger partial charge in [0.2, 0.25) is 0 Å². The van der Waals surface area contributed by atoms with Gasteiger partial charge in [-0.2, -0.15) is 0 Å². The van der Waals surface area contributed by atoms with E-state index in [0.717, 1.165) is 59.0 Å². The molecule has 0 aliphatic carbocycles. The van der Waals surface area contributed by atoms with Crippen LogP contribution in [-0.2, 0) is 30.9 Å². The molecule has 0 amide bonds. The molecule has 4 rings (SSSR count). The number of hydrogen-bond donors (Lipinski definition) is 0. The molecule has 0 radical (unpaired) electrons. The van der Waals surface area contributed by atoms with Crippen LogP contribution >= 0.6 is 0 Å². The Hall–Kier alpha value is -1.69. The quantitative estimate of drug-likeness (QED) is 0.855. The molecule has 0 saturated carbocycles. The summed E-state index contributed by atoms with van der Waals surface area (Å²) in [7, 11) is 0. The summed E-state index contributed by atoms with van der Waals surface area (Å²) in [6.45, 7) is 13.1. The summed E-state index contributed by atoms with van der Waals surface area (Å²) < 4.78 is 7.77. The lowest BCUT2D eigenvalue weighted by Crippen LogP contribution is -2.35. The number of benzene rings is 1. The van der Waals surface area contributed by atoms with Gasteiger partial charge in [0, 0.05) is 45.5 Å². The molecule has 1 aromatic heterocycles. The minimum absolute atomic E-state index is 0.845. The van der Waals surface area contributed by atoms with Crippen LogP contribution in [0.3, 0.4) is 0 Å². The Morgan fingerprint density at radius 2 is 1.80 bits per heavy atom. The zero-order chi connectivity index (χ0) is 17.2. The summed E-state index contributed by atoms with van der Waals surface area (Å²) in [4.78, 5) is 9.85. The van der Waals surface area contributed by atoms with E-state index >= 15 is 0 Å². The van der Waals surface area contributed by atoms with Gasteiger partial charge < -0.3 is 9.30 Å². The first-order chi connectivity index (χ1) is 12.2. The van der Waals surface area contributed by atoms with Gasteiger partial charge in [-0.15, -0.1) is 0 Å². The first-order valence-corrected chi connectivity index (χ1v) is 9.31. The monoisotopic (exact) mass is 340 g/mol. The van der Waals surface area contributed by atoms with Gasteiger partial charge >= 0.3 is 0 Å². The van der Waals surface area contributed by atoms with E-state index in [0.29, 0.717) is 0 Å². The van der Waals surface area contributed by atoms with Crippen molar-refractivity contribution in [2.75, 3.05) is 32.8 Å². The van der Waals surface area contributed by atoms with Gasteiger partial charge in [0.05, 0.1) is 25.5 Å². The van der Waals surface area contributed by atoms with E-state index in [1.54, 1.807) is 0 Å². The first kappa shape index (κ1) is 16.8. The Bertz CT molecular complexity index is 733. The van der Waals surface area contributed by atoms with E-state index in [9.17, 15) is 0 Å². The molecule has 5 heteroatoms. The van der Waals surface area contributed by atoms with E-state index in [4.69, 9.17) is 9.72 Å². The molecule has 0 bridgehead atoms. The summed E-state index contributed by atoms with van der Waals surface area (Å²) in [5.74, 6) is 1.21. The number of aryl methyl sites for hydroxylation is 2. The van der Waals surface area contributed by atoms with Crippen LogP contribution < -0.4 is 0 Å². The van der Waals surface area contributed by atoms with Gasteiger partial charge in [0.1, 0.15) is 5.82 Å². The summed E-state index contributed by atoms with van der Waals surface area (Å²) in [5, 5.41) is 0. The highest BCUT2D eigenvalue weighted by molar-refractivity contribution is 5.29. The number of nitrogens with zero attached hydrogens (tertiary/aromatic N) is 4. The van der Waals surface area contributed by atoms with Crippen molar-refractivity contribution in [3.8, 4) is 0 Å². The van der Waals surface area contributed by atoms with Crippen molar-refractivity contribution >= 4 is 0 Å². The average molecular weight is 340 g/mol. The fourth-order valence-electron chi connectivity index (χ4n) is 3.72. The van der Waals surface area contributed by atoms with E-state index in [-0.39, 0.29) is 0 Å². The fourth-order valence-corrected chi connectivity index (χ4v) is 3.72. The Morgan fingerprint density at radius 3 is 2.60 bits per heavy atom. The lowest BCUT2D eigenvalue weighted by Gasteiger charge is -2.27. The van der Waals surface area contributed by atoms with Crippen LogP contribution in [0.25, 0.3) is 0 Å². The van der Waals surface area contributed by atoms with Gasteiger partial charge in [0.25, 0.3) is 0 Å². The molecule has 1 fully saturated rings. The van der Waals surface area contributed by atoms with Gasteiger partial charge in [-0.3, -0.25) is 9.80 Å². The van der Waals surface area contributed by atoms with E-state index in [2.05, 4.69) is 52.6 Å². The molecular weight excluding hydrogens is 312 g/mol. The van der Waals surface area contributed by atoms with Crippen LogP contribution in [0, 0.1) is 13.8 Å². The van der Waals surface area contributed by atoms with Gasteiger partial charge in [-0.1, -0.05) is 18.2 Å². The number of rotatable bonds is 4. The predicted octanol–water partition coefficient (Wildman–Crippen LogP) is 2.35. The molecule has 25 heavy (non-hydrogen) atoms. The Labute approximate surface area is 150 Å². The van der Waals surface area contributed by atoms with Crippen molar-refractivity contribution in [1.82, 2.24) is 19.4 Å². The topological polar surface area (TPSA) is 33.5 Å². The highest BCUT2D eigenvalue weighted by Gasteiger charge is 2.20. The largest absolute Gasteiger partial charge is 0.379 e. The highest BCUT2D eigenvalue weighted by Crippen LogP contribution is 2.18. The summed E-state index contributed by atoms with van der Waals surface area (Å²) in [5.41, 5.74) is 5.34. The number of fused-ring (bicyclic) bond motifs is 1. The Morgan fingerprint density at radius 1 is 0.960 bits per heavy atom. The van der Waals surface area contributed by atoms with Gasteiger partial charge in [-0.05, 0) is 30.5 Å². The molecule has 2 aliphatic rings.